The highest BCUT2D eigenvalue weighted by Gasteiger charge is 2.33. The summed E-state index contributed by atoms with van der Waals surface area (Å²) in [4.78, 5) is 13.5. The van der Waals surface area contributed by atoms with Crippen LogP contribution in [0.25, 0.3) is 0 Å². The normalized spacial score (nSPS) is 14.1. The van der Waals surface area contributed by atoms with Crippen LogP contribution in [-0.4, -0.2) is 23.4 Å². The maximum absolute atomic E-state index is 13.7. The van der Waals surface area contributed by atoms with Crippen molar-refractivity contribution in [1.29, 1.82) is 5.26 Å². The first-order chi connectivity index (χ1) is 8.15. The predicted molar refractivity (Wildman–Crippen MR) is 60.5 cm³/mol. The van der Waals surface area contributed by atoms with Crippen LogP contribution in [0.1, 0.15) is 23.2 Å². The largest absolute Gasteiger partial charge is 0.396 e. The fraction of sp³-hybridized carbons (Fsp3) is 0.333. The molecule has 0 radical (unpaired) electrons. The Kier molecular flexibility index (Phi) is 2.96. The van der Waals surface area contributed by atoms with Crippen LogP contribution in [0.15, 0.2) is 18.2 Å². The molecule has 1 fully saturated rings. The molecular formula is C12H12FN3O. The Bertz CT molecular complexity index is 491. The highest BCUT2D eigenvalue weighted by atomic mass is 19.1. The number of nitriles is 1. The van der Waals surface area contributed by atoms with Gasteiger partial charge in [-0.05, 0) is 25.0 Å². The second-order valence-electron chi connectivity index (χ2n) is 4.03. The van der Waals surface area contributed by atoms with E-state index in [9.17, 15) is 9.18 Å². The van der Waals surface area contributed by atoms with Gasteiger partial charge in [-0.3, -0.25) is 4.79 Å². The van der Waals surface area contributed by atoms with E-state index in [2.05, 4.69) is 0 Å². The van der Waals surface area contributed by atoms with Crippen molar-refractivity contribution in [3.05, 3.63) is 29.6 Å². The zero-order chi connectivity index (χ0) is 12.4. The molecule has 1 aromatic rings. The number of carbonyl (C=O) groups is 1. The van der Waals surface area contributed by atoms with Gasteiger partial charge in [0.05, 0.1) is 17.3 Å². The number of carbonyl (C=O) groups excluding carboxylic acids is 1. The monoisotopic (exact) mass is 233 g/mol. The molecule has 1 aliphatic rings. The first kappa shape index (κ1) is 11.4. The van der Waals surface area contributed by atoms with Crippen LogP contribution in [-0.2, 0) is 0 Å². The third-order valence-corrected chi connectivity index (χ3v) is 2.75. The highest BCUT2D eigenvalue weighted by Crippen LogP contribution is 2.28. The quantitative estimate of drug-likeness (QED) is 0.635. The third kappa shape index (κ3) is 2.21. The zero-order valence-electron chi connectivity index (χ0n) is 9.19. The summed E-state index contributed by atoms with van der Waals surface area (Å²) >= 11 is 0. The minimum Gasteiger partial charge on any atom is -0.396 e. The lowest BCUT2D eigenvalue weighted by Crippen LogP contribution is -2.34. The molecule has 17 heavy (non-hydrogen) atoms. The van der Waals surface area contributed by atoms with Crippen LogP contribution >= 0.6 is 0 Å². The van der Waals surface area contributed by atoms with E-state index in [-0.39, 0.29) is 23.8 Å². The Morgan fingerprint density at radius 1 is 1.59 bits per heavy atom. The van der Waals surface area contributed by atoms with E-state index in [4.69, 9.17) is 11.0 Å². The molecule has 0 spiro atoms. The second kappa shape index (κ2) is 4.42. The molecule has 4 nitrogen and oxygen atoms in total. The van der Waals surface area contributed by atoms with Crippen molar-refractivity contribution in [3.8, 4) is 6.07 Å². The second-order valence-corrected chi connectivity index (χ2v) is 4.03. The van der Waals surface area contributed by atoms with Gasteiger partial charge < -0.3 is 10.6 Å². The van der Waals surface area contributed by atoms with E-state index in [1.165, 1.54) is 23.1 Å². The van der Waals surface area contributed by atoms with Crippen molar-refractivity contribution in [1.82, 2.24) is 4.90 Å². The minimum absolute atomic E-state index is 0.0161. The van der Waals surface area contributed by atoms with Gasteiger partial charge in [0.15, 0.2) is 5.82 Å². The number of rotatable bonds is 3. The number of benzene rings is 1. The van der Waals surface area contributed by atoms with Gasteiger partial charge in [-0.2, -0.15) is 5.26 Å². The topological polar surface area (TPSA) is 70.1 Å². The number of hydrogen-bond acceptors (Lipinski definition) is 3. The summed E-state index contributed by atoms with van der Waals surface area (Å²) in [6.45, 7) is -0.0161. The Hall–Kier alpha value is -2.09. The molecule has 0 saturated heterocycles. The lowest BCUT2D eigenvalue weighted by atomic mass is 10.1. The highest BCUT2D eigenvalue weighted by molar-refractivity contribution is 5.96. The van der Waals surface area contributed by atoms with Crippen molar-refractivity contribution in [2.45, 2.75) is 18.9 Å². The van der Waals surface area contributed by atoms with Crippen LogP contribution in [0.3, 0.4) is 0 Å². The summed E-state index contributed by atoms with van der Waals surface area (Å²) in [5.74, 6) is -1.17. The van der Waals surface area contributed by atoms with Crippen molar-refractivity contribution in [2.75, 3.05) is 12.3 Å². The molecule has 0 aromatic heterocycles. The van der Waals surface area contributed by atoms with Gasteiger partial charge in [0.1, 0.15) is 6.54 Å². The van der Waals surface area contributed by atoms with Gasteiger partial charge in [0, 0.05) is 6.04 Å². The fourth-order valence-corrected chi connectivity index (χ4v) is 1.70. The Balaban J connectivity index is 2.29. The number of hydrogen-bond donors (Lipinski definition) is 1. The molecule has 1 amide bonds. The average Bonchev–Trinajstić information content (AvgIpc) is 3.13. The Morgan fingerprint density at radius 3 is 2.88 bits per heavy atom. The molecule has 2 N–H and O–H groups in total. The van der Waals surface area contributed by atoms with Crippen LogP contribution in [0, 0.1) is 17.1 Å². The summed E-state index contributed by atoms with van der Waals surface area (Å²) in [5, 5.41) is 8.67. The average molecular weight is 233 g/mol. The lowest BCUT2D eigenvalue weighted by molar-refractivity contribution is 0.0760. The molecule has 0 aliphatic heterocycles. The molecule has 1 aromatic carbocycles. The number of nitrogens with zero attached hydrogens (tertiary/aromatic N) is 2. The molecule has 2 rings (SSSR count). The van der Waals surface area contributed by atoms with Crippen molar-refractivity contribution in [3.63, 3.8) is 0 Å². The van der Waals surface area contributed by atoms with Crippen molar-refractivity contribution in [2.24, 2.45) is 0 Å². The van der Waals surface area contributed by atoms with Crippen LogP contribution in [0.4, 0.5) is 10.1 Å². The van der Waals surface area contributed by atoms with E-state index in [0.717, 1.165) is 12.8 Å². The SMILES string of the molecule is N#CCN(C(=O)c1cccc(N)c1F)C1CC1. The van der Waals surface area contributed by atoms with Crippen LogP contribution in [0.5, 0.6) is 0 Å². The molecule has 0 heterocycles. The molecule has 5 heteroatoms. The molecule has 1 saturated carbocycles. The fourth-order valence-electron chi connectivity index (χ4n) is 1.70. The van der Waals surface area contributed by atoms with Gasteiger partial charge in [0.2, 0.25) is 0 Å². The number of anilines is 1. The maximum Gasteiger partial charge on any atom is 0.258 e. The Morgan fingerprint density at radius 2 is 2.29 bits per heavy atom. The van der Waals surface area contributed by atoms with Gasteiger partial charge in [0.25, 0.3) is 5.91 Å². The van der Waals surface area contributed by atoms with Crippen molar-refractivity contribution >= 4 is 11.6 Å². The summed E-state index contributed by atoms with van der Waals surface area (Å²) in [6, 6.07) is 6.32. The number of nitrogen functional groups attached to an aromatic ring is 1. The van der Waals surface area contributed by atoms with E-state index < -0.39 is 11.7 Å². The van der Waals surface area contributed by atoms with Crippen LogP contribution < -0.4 is 5.73 Å². The van der Waals surface area contributed by atoms with Crippen molar-refractivity contribution < 1.29 is 9.18 Å². The molecule has 0 atom stereocenters. The van der Waals surface area contributed by atoms with Crippen LogP contribution in [0.2, 0.25) is 0 Å². The van der Waals surface area contributed by atoms with E-state index >= 15 is 0 Å². The first-order valence-corrected chi connectivity index (χ1v) is 5.37. The summed E-state index contributed by atoms with van der Waals surface area (Å²) in [6.07, 6.45) is 1.74. The third-order valence-electron chi connectivity index (χ3n) is 2.75. The predicted octanol–water partition coefficient (Wildman–Crippen LogP) is 1.54. The van der Waals surface area contributed by atoms with E-state index in [1.54, 1.807) is 0 Å². The molecule has 0 unspecified atom stereocenters. The molecule has 88 valence electrons. The van der Waals surface area contributed by atoms with E-state index in [0.29, 0.717) is 0 Å². The number of nitrogens with two attached hydrogens (primary N) is 1. The summed E-state index contributed by atoms with van der Waals surface area (Å²) in [7, 11) is 0. The number of halogens is 1. The standard InChI is InChI=1S/C12H12FN3O/c13-11-9(2-1-3-10(11)15)12(17)16(7-6-14)8-4-5-8/h1-3,8H,4-5,7,15H2. The van der Waals surface area contributed by atoms with Gasteiger partial charge >= 0.3 is 0 Å². The molecular weight excluding hydrogens is 221 g/mol. The molecule has 1 aliphatic carbocycles. The summed E-state index contributed by atoms with van der Waals surface area (Å²) in [5.41, 5.74) is 5.30. The number of amides is 1. The van der Waals surface area contributed by atoms with E-state index in [1.807, 2.05) is 6.07 Å². The Labute approximate surface area is 98.4 Å². The zero-order valence-corrected chi connectivity index (χ0v) is 9.19. The van der Waals surface area contributed by atoms with Gasteiger partial charge in [-0.25, -0.2) is 4.39 Å². The van der Waals surface area contributed by atoms with Gasteiger partial charge in [-0.15, -0.1) is 0 Å². The first-order valence-electron chi connectivity index (χ1n) is 5.37. The lowest BCUT2D eigenvalue weighted by Gasteiger charge is -2.19. The maximum atomic E-state index is 13.7. The molecule has 0 bridgehead atoms. The minimum atomic E-state index is -0.707. The smallest absolute Gasteiger partial charge is 0.258 e. The summed E-state index contributed by atoms with van der Waals surface area (Å²) < 4.78 is 13.7. The van der Waals surface area contributed by atoms with Gasteiger partial charge in [-0.1, -0.05) is 6.07 Å².